The van der Waals surface area contributed by atoms with E-state index >= 15 is 0 Å². The van der Waals surface area contributed by atoms with E-state index < -0.39 is 11.6 Å². The lowest BCUT2D eigenvalue weighted by Crippen LogP contribution is -2.23. The van der Waals surface area contributed by atoms with Crippen LogP contribution in [0.3, 0.4) is 0 Å². The van der Waals surface area contributed by atoms with Crippen LogP contribution in [0.25, 0.3) is 10.9 Å². The minimum Gasteiger partial charge on any atom is -0.459 e. The van der Waals surface area contributed by atoms with Crippen molar-refractivity contribution in [3.63, 3.8) is 0 Å². The van der Waals surface area contributed by atoms with E-state index in [1.807, 2.05) is 69.3 Å². The van der Waals surface area contributed by atoms with Crippen LogP contribution in [0.15, 0.2) is 54.7 Å². The average molecular weight is 393 g/mol. The summed E-state index contributed by atoms with van der Waals surface area (Å²) in [5, 5.41) is 0.787. The van der Waals surface area contributed by atoms with Crippen molar-refractivity contribution in [1.82, 2.24) is 4.57 Å². The van der Waals surface area contributed by atoms with E-state index in [9.17, 15) is 9.59 Å². The van der Waals surface area contributed by atoms with E-state index in [1.54, 1.807) is 10.8 Å². The molecule has 0 saturated carbocycles. The van der Waals surface area contributed by atoms with Crippen molar-refractivity contribution >= 4 is 22.8 Å². The second-order valence-corrected chi connectivity index (χ2v) is 8.02. The summed E-state index contributed by atoms with van der Waals surface area (Å²) >= 11 is 0. The zero-order valence-electron chi connectivity index (χ0n) is 17.4. The third-order valence-electron chi connectivity index (χ3n) is 4.51. The Morgan fingerprint density at radius 3 is 2.38 bits per heavy atom. The van der Waals surface area contributed by atoms with Gasteiger partial charge >= 0.3 is 11.9 Å². The first-order valence-corrected chi connectivity index (χ1v) is 9.81. The molecule has 0 saturated heterocycles. The molecular weight excluding hydrogens is 366 g/mol. The summed E-state index contributed by atoms with van der Waals surface area (Å²) in [5.41, 5.74) is 2.72. The van der Waals surface area contributed by atoms with Crippen LogP contribution in [0.4, 0.5) is 0 Å². The number of hydrogen-bond donors (Lipinski definition) is 0. The molecule has 152 valence electrons. The van der Waals surface area contributed by atoms with Gasteiger partial charge in [0, 0.05) is 17.1 Å². The Bertz CT molecular complexity index is 1010. The van der Waals surface area contributed by atoms with Gasteiger partial charge in [-0.3, -0.25) is 4.79 Å². The van der Waals surface area contributed by atoms with Gasteiger partial charge < -0.3 is 14.0 Å². The van der Waals surface area contributed by atoms with Crippen LogP contribution in [0.2, 0.25) is 0 Å². The number of hydrogen-bond acceptors (Lipinski definition) is 4. The number of aryl methyl sites for hydroxylation is 1. The maximum absolute atomic E-state index is 12.7. The molecule has 0 aliphatic heterocycles. The van der Waals surface area contributed by atoms with Gasteiger partial charge in [-0.25, -0.2) is 4.79 Å². The second kappa shape index (κ2) is 8.52. The Balaban J connectivity index is 1.85. The van der Waals surface area contributed by atoms with E-state index in [0.29, 0.717) is 5.56 Å². The van der Waals surface area contributed by atoms with Crippen molar-refractivity contribution in [1.29, 1.82) is 0 Å². The van der Waals surface area contributed by atoms with Gasteiger partial charge in [-0.1, -0.05) is 43.3 Å². The first-order chi connectivity index (χ1) is 13.8. The number of benzene rings is 2. The van der Waals surface area contributed by atoms with Crippen molar-refractivity contribution in [2.45, 2.75) is 52.9 Å². The molecule has 0 unspecified atom stereocenters. The first kappa shape index (κ1) is 20.6. The molecule has 0 amide bonds. The number of aromatic nitrogens is 1. The highest BCUT2D eigenvalue weighted by Gasteiger charge is 2.23. The zero-order valence-corrected chi connectivity index (χ0v) is 17.4. The normalized spacial score (nSPS) is 11.4. The summed E-state index contributed by atoms with van der Waals surface area (Å²) in [6.45, 7) is 7.81. The fourth-order valence-corrected chi connectivity index (χ4v) is 3.11. The molecule has 29 heavy (non-hydrogen) atoms. The molecule has 5 heteroatoms. The van der Waals surface area contributed by atoms with Crippen LogP contribution < -0.4 is 0 Å². The summed E-state index contributed by atoms with van der Waals surface area (Å²) in [6.07, 6.45) is 2.54. The maximum atomic E-state index is 12.7. The van der Waals surface area contributed by atoms with Gasteiger partial charge in [-0.05, 0) is 50.5 Å². The number of rotatable bonds is 6. The monoisotopic (exact) mass is 393 g/mol. The van der Waals surface area contributed by atoms with Crippen LogP contribution in [-0.2, 0) is 33.8 Å². The topological polar surface area (TPSA) is 57.5 Å². The molecule has 2 aromatic carbocycles. The minimum atomic E-state index is -0.595. The standard InChI is InChI=1S/C24H27NO4/c1-5-17-11-12-21-19(13-17)20(23(27)29-24(2,3)4)14-25(21)15-22(26)28-16-18-9-7-6-8-10-18/h6-14H,5,15-16H2,1-4H3. The van der Waals surface area contributed by atoms with E-state index in [4.69, 9.17) is 9.47 Å². The van der Waals surface area contributed by atoms with Gasteiger partial charge in [-0.2, -0.15) is 0 Å². The predicted octanol–water partition coefficient (Wildman–Crippen LogP) is 4.90. The molecule has 1 heterocycles. The van der Waals surface area contributed by atoms with E-state index in [2.05, 4.69) is 6.92 Å². The highest BCUT2D eigenvalue weighted by molar-refractivity contribution is 6.05. The summed E-state index contributed by atoms with van der Waals surface area (Å²) < 4.78 is 12.7. The fraction of sp³-hybridized carbons (Fsp3) is 0.333. The molecule has 0 spiro atoms. The van der Waals surface area contributed by atoms with Gasteiger partial charge in [0.15, 0.2) is 0 Å². The molecule has 1 aromatic heterocycles. The van der Waals surface area contributed by atoms with Crippen LogP contribution in [0.5, 0.6) is 0 Å². The lowest BCUT2D eigenvalue weighted by atomic mass is 10.1. The van der Waals surface area contributed by atoms with Gasteiger partial charge in [0.25, 0.3) is 0 Å². The highest BCUT2D eigenvalue weighted by Crippen LogP contribution is 2.26. The van der Waals surface area contributed by atoms with Gasteiger partial charge in [0.05, 0.1) is 5.56 Å². The molecule has 0 N–H and O–H groups in total. The maximum Gasteiger partial charge on any atom is 0.340 e. The molecule has 0 bridgehead atoms. The molecular formula is C24H27NO4. The fourth-order valence-electron chi connectivity index (χ4n) is 3.11. The lowest BCUT2D eigenvalue weighted by Gasteiger charge is -2.19. The quantitative estimate of drug-likeness (QED) is 0.559. The Kier molecular flexibility index (Phi) is 6.06. The molecule has 3 aromatic rings. The van der Waals surface area contributed by atoms with E-state index in [1.165, 1.54) is 0 Å². The largest absolute Gasteiger partial charge is 0.459 e. The molecule has 0 aliphatic carbocycles. The smallest absolute Gasteiger partial charge is 0.340 e. The molecule has 0 fully saturated rings. The summed E-state index contributed by atoms with van der Waals surface area (Å²) in [4.78, 5) is 25.1. The van der Waals surface area contributed by atoms with Gasteiger partial charge in [0.2, 0.25) is 0 Å². The molecule has 0 aliphatic rings. The first-order valence-electron chi connectivity index (χ1n) is 9.81. The summed E-state index contributed by atoms with van der Waals surface area (Å²) in [7, 11) is 0. The van der Waals surface area contributed by atoms with E-state index in [0.717, 1.165) is 28.5 Å². The van der Waals surface area contributed by atoms with Crippen molar-refractivity contribution < 1.29 is 19.1 Å². The second-order valence-electron chi connectivity index (χ2n) is 8.02. The molecule has 0 atom stereocenters. The highest BCUT2D eigenvalue weighted by atomic mass is 16.6. The van der Waals surface area contributed by atoms with Gasteiger partial charge in [-0.15, -0.1) is 0 Å². The Labute approximate surface area is 171 Å². The third kappa shape index (κ3) is 5.25. The number of nitrogens with zero attached hydrogens (tertiary/aromatic N) is 1. The minimum absolute atomic E-state index is 0.0254. The van der Waals surface area contributed by atoms with Crippen LogP contribution in [-0.4, -0.2) is 22.1 Å². The predicted molar refractivity (Wildman–Crippen MR) is 113 cm³/mol. The van der Waals surface area contributed by atoms with Gasteiger partial charge in [0.1, 0.15) is 18.8 Å². The average Bonchev–Trinajstić information content (AvgIpc) is 3.03. The number of ether oxygens (including phenoxy) is 2. The summed E-state index contributed by atoms with van der Waals surface area (Å²) in [5.74, 6) is -0.756. The summed E-state index contributed by atoms with van der Waals surface area (Å²) in [6, 6.07) is 15.5. The van der Waals surface area contributed by atoms with Crippen LogP contribution in [0, 0.1) is 0 Å². The lowest BCUT2D eigenvalue weighted by molar-refractivity contribution is -0.145. The number of fused-ring (bicyclic) bond motifs is 1. The Morgan fingerprint density at radius 1 is 1.00 bits per heavy atom. The van der Waals surface area contributed by atoms with Crippen molar-refractivity contribution in [3.05, 3.63) is 71.4 Å². The number of carbonyl (C=O) groups excluding carboxylic acids is 2. The third-order valence-corrected chi connectivity index (χ3v) is 4.51. The van der Waals surface area contributed by atoms with Crippen molar-refractivity contribution in [3.8, 4) is 0 Å². The van der Waals surface area contributed by atoms with Crippen molar-refractivity contribution in [2.24, 2.45) is 0 Å². The molecule has 0 radical (unpaired) electrons. The number of carbonyl (C=O) groups is 2. The van der Waals surface area contributed by atoms with Crippen LogP contribution >= 0.6 is 0 Å². The Hall–Kier alpha value is -3.08. The van der Waals surface area contributed by atoms with Crippen LogP contribution in [0.1, 0.15) is 49.2 Å². The SMILES string of the molecule is CCc1ccc2c(c1)c(C(=O)OC(C)(C)C)cn2CC(=O)OCc1ccccc1. The molecule has 5 nitrogen and oxygen atoms in total. The zero-order chi connectivity index (χ0) is 21.0. The van der Waals surface area contributed by atoms with Crippen molar-refractivity contribution in [2.75, 3.05) is 0 Å². The molecule has 3 rings (SSSR count). The Morgan fingerprint density at radius 2 is 1.72 bits per heavy atom. The van der Waals surface area contributed by atoms with E-state index in [-0.39, 0.29) is 19.1 Å². The number of esters is 2.